The number of aliphatic hydroxyl groups is 1. The molecule has 3 heterocycles. The van der Waals surface area contributed by atoms with Crippen molar-refractivity contribution in [2.45, 2.75) is 43.4 Å². The number of piperidine rings is 2. The molecule has 5 aliphatic rings. The first-order valence-corrected chi connectivity index (χ1v) is 15.7. The highest BCUT2D eigenvalue weighted by atomic mass is 32.2. The van der Waals surface area contributed by atoms with Gasteiger partial charge in [0.15, 0.2) is 0 Å². The third kappa shape index (κ3) is 4.76. The summed E-state index contributed by atoms with van der Waals surface area (Å²) in [5.74, 6) is 2.26. The summed E-state index contributed by atoms with van der Waals surface area (Å²) in [7, 11) is -3.81. The minimum atomic E-state index is -3.81. The van der Waals surface area contributed by atoms with Gasteiger partial charge in [0.25, 0.3) is 5.91 Å². The van der Waals surface area contributed by atoms with Crippen LogP contribution in [0.2, 0.25) is 0 Å². The lowest BCUT2D eigenvalue weighted by atomic mass is 9.93. The molecule has 2 saturated carbocycles. The maximum atomic E-state index is 13.8. The van der Waals surface area contributed by atoms with Crippen molar-refractivity contribution in [3.05, 3.63) is 41.5 Å². The summed E-state index contributed by atoms with van der Waals surface area (Å²) < 4.78 is 34.1. The van der Waals surface area contributed by atoms with Crippen LogP contribution in [0.1, 0.15) is 48.0 Å². The number of carbonyl (C=O) groups is 1. The second-order valence-corrected chi connectivity index (χ2v) is 13.8. The topological polar surface area (TPSA) is 111 Å². The summed E-state index contributed by atoms with van der Waals surface area (Å²) >= 11 is 0. The van der Waals surface area contributed by atoms with Crippen molar-refractivity contribution in [3.8, 4) is 5.75 Å². The monoisotopic (exact) mass is 552 g/mol. The molecule has 9 nitrogen and oxygen atoms in total. The molecule has 2 aromatic carbocycles. The highest BCUT2D eigenvalue weighted by Crippen LogP contribution is 2.54. The zero-order valence-electron chi connectivity index (χ0n) is 22.1. The van der Waals surface area contributed by atoms with Crippen LogP contribution in [0, 0.1) is 17.3 Å². The van der Waals surface area contributed by atoms with Crippen LogP contribution >= 0.6 is 0 Å². The molecule has 7 rings (SSSR count). The molecular weight excluding hydrogens is 516 g/mol. The maximum absolute atomic E-state index is 13.8. The lowest BCUT2D eigenvalue weighted by Gasteiger charge is -2.35. The number of nitrogens with zero attached hydrogens (tertiary/aromatic N) is 2. The van der Waals surface area contributed by atoms with Gasteiger partial charge in [-0.2, -0.15) is 0 Å². The number of ether oxygens (including phenoxy) is 1. The summed E-state index contributed by atoms with van der Waals surface area (Å²) in [6.45, 7) is 3.98. The SMILES string of the molecule is O=C(Nc1cc2c(c(N3CC4CC4C3)c1)OCC2)c1ccc(S(=O)(=O)NCCO)cc1N1CCC2(CC1)CC2. The second-order valence-electron chi connectivity index (χ2n) is 12.0. The number of aliphatic hydroxyl groups excluding tert-OH is 1. The first kappa shape index (κ1) is 25.2. The number of benzene rings is 2. The Balaban J connectivity index is 1.19. The number of amides is 1. The molecule has 0 aromatic heterocycles. The molecule has 39 heavy (non-hydrogen) atoms. The third-order valence-corrected chi connectivity index (χ3v) is 10.9. The van der Waals surface area contributed by atoms with Gasteiger partial charge in [0.2, 0.25) is 10.0 Å². The third-order valence-electron chi connectivity index (χ3n) is 9.39. The van der Waals surface area contributed by atoms with Gasteiger partial charge in [0.1, 0.15) is 5.75 Å². The summed E-state index contributed by atoms with van der Waals surface area (Å²) in [5.41, 5.74) is 4.47. The number of sulfonamides is 1. The smallest absolute Gasteiger partial charge is 0.257 e. The van der Waals surface area contributed by atoms with Crippen molar-refractivity contribution in [2.75, 3.05) is 61.1 Å². The Labute approximate surface area is 229 Å². The van der Waals surface area contributed by atoms with E-state index >= 15 is 0 Å². The summed E-state index contributed by atoms with van der Waals surface area (Å²) in [6.07, 6.45) is 6.77. The van der Waals surface area contributed by atoms with Gasteiger partial charge in [-0.05, 0) is 79.7 Å². The van der Waals surface area contributed by atoms with Crippen molar-refractivity contribution in [1.82, 2.24) is 4.72 Å². The molecular formula is C29H36N4O5S. The van der Waals surface area contributed by atoms with E-state index in [1.807, 2.05) is 12.1 Å². The average molecular weight is 553 g/mol. The average Bonchev–Trinajstić information content (AvgIpc) is 3.76. The van der Waals surface area contributed by atoms with E-state index < -0.39 is 10.0 Å². The molecule has 2 unspecified atom stereocenters. The predicted molar refractivity (Wildman–Crippen MR) is 149 cm³/mol. The summed E-state index contributed by atoms with van der Waals surface area (Å²) in [4.78, 5) is 18.4. The highest BCUT2D eigenvalue weighted by molar-refractivity contribution is 7.89. The van der Waals surface area contributed by atoms with Crippen LogP contribution in [0.15, 0.2) is 35.2 Å². The molecule has 3 N–H and O–H groups in total. The zero-order valence-corrected chi connectivity index (χ0v) is 22.9. The summed E-state index contributed by atoms with van der Waals surface area (Å²) in [5, 5.41) is 12.2. The zero-order chi connectivity index (χ0) is 26.8. The minimum Gasteiger partial charge on any atom is -0.491 e. The van der Waals surface area contributed by atoms with Gasteiger partial charge < -0.3 is 25.0 Å². The Morgan fingerprint density at radius 1 is 1.03 bits per heavy atom. The van der Waals surface area contributed by atoms with E-state index in [2.05, 4.69) is 19.8 Å². The molecule has 10 heteroatoms. The van der Waals surface area contributed by atoms with E-state index in [-0.39, 0.29) is 24.0 Å². The Kier molecular flexibility index (Phi) is 6.06. The van der Waals surface area contributed by atoms with Gasteiger partial charge >= 0.3 is 0 Å². The van der Waals surface area contributed by atoms with Crippen molar-refractivity contribution in [1.29, 1.82) is 0 Å². The van der Waals surface area contributed by atoms with Crippen molar-refractivity contribution < 1.29 is 23.1 Å². The predicted octanol–water partition coefficient (Wildman–Crippen LogP) is 2.98. The first-order valence-electron chi connectivity index (χ1n) is 14.2. The maximum Gasteiger partial charge on any atom is 0.257 e. The molecule has 208 valence electrons. The van der Waals surface area contributed by atoms with Crippen LogP contribution in [-0.2, 0) is 16.4 Å². The molecule has 4 fully saturated rings. The molecule has 2 atom stereocenters. The molecule has 2 saturated heterocycles. The van der Waals surface area contributed by atoms with Gasteiger partial charge in [-0.1, -0.05) is 0 Å². The van der Waals surface area contributed by atoms with Gasteiger partial charge in [0, 0.05) is 50.4 Å². The van der Waals surface area contributed by atoms with Crippen molar-refractivity contribution >= 4 is 33.0 Å². The van der Waals surface area contributed by atoms with Crippen molar-refractivity contribution in [3.63, 3.8) is 0 Å². The number of anilines is 3. The first-order chi connectivity index (χ1) is 18.8. The molecule has 2 aromatic rings. The molecule has 0 radical (unpaired) electrons. The standard InChI is InChI=1S/C29H36N4O5S/c34-11-8-30-39(36,37)23-1-2-24(25(16-23)32-9-6-29(4-5-29)7-10-32)28(35)31-22-14-19-3-12-38-27(19)26(15-22)33-17-20-13-21(20)18-33/h1-2,14-16,20-21,30,34H,3-13,17-18H2,(H,31,35). The Morgan fingerprint density at radius 2 is 1.79 bits per heavy atom. The van der Waals surface area contributed by atoms with Crippen LogP contribution < -0.4 is 24.6 Å². The van der Waals surface area contributed by atoms with Crippen LogP contribution in [0.5, 0.6) is 5.75 Å². The molecule has 3 aliphatic heterocycles. The van der Waals surface area contributed by atoms with Crippen LogP contribution in [-0.4, -0.2) is 65.4 Å². The van der Waals surface area contributed by atoms with Crippen LogP contribution in [0.3, 0.4) is 0 Å². The largest absolute Gasteiger partial charge is 0.491 e. The number of nitrogens with one attached hydrogen (secondary N) is 2. The van der Waals surface area contributed by atoms with Gasteiger partial charge in [-0.15, -0.1) is 0 Å². The number of rotatable bonds is 8. The van der Waals surface area contributed by atoms with Gasteiger partial charge in [-0.3, -0.25) is 4.79 Å². The molecule has 0 bridgehead atoms. The fourth-order valence-electron chi connectivity index (χ4n) is 6.68. The summed E-state index contributed by atoms with van der Waals surface area (Å²) in [6, 6.07) is 8.74. The number of fused-ring (bicyclic) bond motifs is 2. The van der Waals surface area contributed by atoms with E-state index in [0.29, 0.717) is 23.3 Å². The van der Waals surface area contributed by atoms with E-state index in [4.69, 9.17) is 9.84 Å². The van der Waals surface area contributed by atoms with Crippen LogP contribution in [0.4, 0.5) is 17.1 Å². The molecule has 1 spiro atoms. The number of carbonyl (C=O) groups excluding carboxylic acids is 1. The fourth-order valence-corrected chi connectivity index (χ4v) is 7.72. The Morgan fingerprint density at radius 3 is 2.51 bits per heavy atom. The normalized spacial score (nSPS) is 24.3. The highest BCUT2D eigenvalue weighted by Gasteiger charge is 2.46. The van der Waals surface area contributed by atoms with Crippen LogP contribution in [0.25, 0.3) is 0 Å². The number of hydrogen-bond donors (Lipinski definition) is 3. The van der Waals surface area contributed by atoms with E-state index in [0.717, 1.165) is 80.0 Å². The molecule has 2 aliphatic carbocycles. The lowest BCUT2D eigenvalue weighted by Crippen LogP contribution is -2.36. The van der Waals surface area contributed by atoms with Gasteiger partial charge in [0.05, 0.1) is 35.0 Å². The van der Waals surface area contributed by atoms with E-state index in [9.17, 15) is 13.2 Å². The minimum absolute atomic E-state index is 0.0605. The van der Waals surface area contributed by atoms with E-state index in [1.54, 1.807) is 12.1 Å². The Bertz CT molecular complexity index is 1400. The fraction of sp³-hybridized carbons (Fsp3) is 0.552. The number of hydrogen-bond acceptors (Lipinski definition) is 7. The molecule has 1 amide bonds. The van der Waals surface area contributed by atoms with E-state index in [1.165, 1.54) is 25.3 Å². The second kappa shape index (κ2) is 9.38. The van der Waals surface area contributed by atoms with Gasteiger partial charge in [-0.25, -0.2) is 13.1 Å². The van der Waals surface area contributed by atoms with Crippen molar-refractivity contribution in [2.24, 2.45) is 17.3 Å². The quantitative estimate of drug-likeness (QED) is 0.462. The lowest BCUT2D eigenvalue weighted by molar-refractivity contribution is 0.102. The Hall–Kier alpha value is -2.82.